The zero-order chi connectivity index (χ0) is 15.7. The van der Waals surface area contributed by atoms with Crippen LogP contribution in [0.15, 0.2) is 24.3 Å². The van der Waals surface area contributed by atoms with Gasteiger partial charge in [-0.25, -0.2) is 0 Å². The molecule has 3 nitrogen and oxygen atoms in total. The predicted molar refractivity (Wildman–Crippen MR) is 79.6 cm³/mol. The first-order chi connectivity index (χ1) is 10.1. The van der Waals surface area contributed by atoms with E-state index >= 15 is 0 Å². The molecule has 0 saturated carbocycles. The van der Waals surface area contributed by atoms with Crippen molar-refractivity contribution in [3.8, 4) is 5.75 Å². The fourth-order valence-electron chi connectivity index (χ4n) is 2.43. The zero-order valence-corrected chi connectivity index (χ0v) is 12.7. The van der Waals surface area contributed by atoms with Crippen LogP contribution in [-0.2, 0) is 0 Å². The van der Waals surface area contributed by atoms with E-state index in [1.807, 2.05) is 13.0 Å². The maximum atomic E-state index is 12.4. The third kappa shape index (κ3) is 6.40. The summed E-state index contributed by atoms with van der Waals surface area (Å²) in [4.78, 5) is 0. The van der Waals surface area contributed by atoms with Crippen LogP contribution in [0.5, 0.6) is 5.75 Å². The first kappa shape index (κ1) is 17.9. The molecule has 21 heavy (non-hydrogen) atoms. The third-order valence-electron chi connectivity index (χ3n) is 3.55. The summed E-state index contributed by atoms with van der Waals surface area (Å²) < 4.78 is 29.4. The summed E-state index contributed by atoms with van der Waals surface area (Å²) in [5.74, 6) is 0.604. The van der Waals surface area contributed by atoms with Crippen LogP contribution in [0.2, 0.25) is 0 Å². The van der Waals surface area contributed by atoms with Crippen molar-refractivity contribution in [1.29, 1.82) is 0 Å². The minimum atomic E-state index is -2.82. The van der Waals surface area contributed by atoms with Crippen molar-refractivity contribution in [2.45, 2.75) is 45.8 Å². The number of nitrogens with one attached hydrogen (secondary N) is 1. The molecule has 2 unspecified atom stereocenters. The highest BCUT2D eigenvalue weighted by atomic mass is 19.3. The lowest BCUT2D eigenvalue weighted by molar-refractivity contribution is -0.0506. The molecule has 1 aromatic rings. The van der Waals surface area contributed by atoms with Crippen molar-refractivity contribution in [3.05, 3.63) is 29.8 Å². The van der Waals surface area contributed by atoms with Gasteiger partial charge in [0.2, 0.25) is 0 Å². The fourth-order valence-corrected chi connectivity index (χ4v) is 2.43. The third-order valence-corrected chi connectivity index (χ3v) is 3.55. The maximum Gasteiger partial charge on any atom is 0.387 e. The number of para-hydroxylation sites is 1. The van der Waals surface area contributed by atoms with Gasteiger partial charge < -0.3 is 15.2 Å². The van der Waals surface area contributed by atoms with Crippen molar-refractivity contribution in [2.24, 2.45) is 5.92 Å². The van der Waals surface area contributed by atoms with Crippen molar-refractivity contribution in [1.82, 2.24) is 5.32 Å². The monoisotopic (exact) mass is 301 g/mol. The van der Waals surface area contributed by atoms with E-state index in [1.165, 1.54) is 0 Å². The molecule has 0 aliphatic carbocycles. The molecule has 0 amide bonds. The molecule has 0 spiro atoms. The van der Waals surface area contributed by atoms with E-state index in [0.29, 0.717) is 5.92 Å². The zero-order valence-electron chi connectivity index (χ0n) is 12.7. The van der Waals surface area contributed by atoms with Crippen molar-refractivity contribution >= 4 is 0 Å². The molecule has 0 saturated heterocycles. The van der Waals surface area contributed by atoms with E-state index < -0.39 is 6.61 Å². The Hall–Kier alpha value is -1.20. The van der Waals surface area contributed by atoms with E-state index in [0.717, 1.165) is 31.4 Å². The van der Waals surface area contributed by atoms with Crippen LogP contribution in [0.25, 0.3) is 0 Å². The van der Waals surface area contributed by atoms with Crippen LogP contribution < -0.4 is 10.1 Å². The second-order valence-corrected chi connectivity index (χ2v) is 5.21. The molecule has 5 heteroatoms. The van der Waals surface area contributed by atoms with Gasteiger partial charge in [-0.2, -0.15) is 8.78 Å². The number of aliphatic hydroxyl groups excluding tert-OH is 1. The topological polar surface area (TPSA) is 41.5 Å². The molecule has 0 radical (unpaired) electrons. The highest BCUT2D eigenvalue weighted by Crippen LogP contribution is 2.26. The van der Waals surface area contributed by atoms with E-state index in [-0.39, 0.29) is 18.4 Å². The summed E-state index contributed by atoms with van der Waals surface area (Å²) in [5, 5.41) is 12.4. The molecule has 1 aromatic carbocycles. The Bertz CT molecular complexity index is 396. The molecule has 0 aliphatic rings. The SMILES string of the molecule is CCCC(CCO)CNC(C)c1ccccc1OC(F)F. The minimum absolute atomic E-state index is 0.0852. The number of ether oxygens (including phenoxy) is 1. The summed E-state index contributed by atoms with van der Waals surface area (Å²) in [6.07, 6.45) is 2.85. The molecule has 0 heterocycles. The molecular formula is C16H25F2NO2. The van der Waals surface area contributed by atoms with Crippen LogP contribution in [0, 0.1) is 5.92 Å². The summed E-state index contributed by atoms with van der Waals surface area (Å²) >= 11 is 0. The maximum absolute atomic E-state index is 12.4. The second-order valence-electron chi connectivity index (χ2n) is 5.21. The highest BCUT2D eigenvalue weighted by Gasteiger charge is 2.15. The molecule has 0 bridgehead atoms. The van der Waals surface area contributed by atoms with Crippen LogP contribution in [0.1, 0.15) is 44.7 Å². The van der Waals surface area contributed by atoms with Gasteiger partial charge in [0.15, 0.2) is 0 Å². The van der Waals surface area contributed by atoms with Gasteiger partial charge in [-0.1, -0.05) is 31.5 Å². The minimum Gasteiger partial charge on any atom is -0.434 e. The summed E-state index contributed by atoms with van der Waals surface area (Å²) in [7, 11) is 0. The van der Waals surface area contributed by atoms with Gasteiger partial charge in [-0.3, -0.25) is 0 Å². The van der Waals surface area contributed by atoms with E-state index in [2.05, 4.69) is 17.0 Å². The number of aliphatic hydroxyl groups is 1. The van der Waals surface area contributed by atoms with Gasteiger partial charge in [-0.05, 0) is 38.3 Å². The first-order valence-corrected chi connectivity index (χ1v) is 7.46. The Balaban J connectivity index is 2.64. The molecule has 1 rings (SSSR count). The molecule has 120 valence electrons. The van der Waals surface area contributed by atoms with E-state index in [9.17, 15) is 8.78 Å². The van der Waals surface area contributed by atoms with Crippen molar-refractivity contribution < 1.29 is 18.6 Å². The van der Waals surface area contributed by atoms with Gasteiger partial charge in [-0.15, -0.1) is 0 Å². The number of rotatable bonds is 10. The Morgan fingerprint density at radius 2 is 1.95 bits per heavy atom. The van der Waals surface area contributed by atoms with Crippen LogP contribution >= 0.6 is 0 Å². The van der Waals surface area contributed by atoms with Crippen LogP contribution in [-0.4, -0.2) is 24.9 Å². The lowest BCUT2D eigenvalue weighted by Gasteiger charge is -2.21. The summed E-state index contributed by atoms with van der Waals surface area (Å²) in [5.41, 5.74) is 0.719. The average molecular weight is 301 g/mol. The van der Waals surface area contributed by atoms with Crippen LogP contribution in [0.3, 0.4) is 0 Å². The second kappa shape index (κ2) is 9.68. The average Bonchev–Trinajstić information content (AvgIpc) is 2.45. The largest absolute Gasteiger partial charge is 0.434 e. The Labute approximate surface area is 125 Å². The van der Waals surface area contributed by atoms with Gasteiger partial charge >= 0.3 is 6.61 Å². The van der Waals surface area contributed by atoms with Gasteiger partial charge in [0, 0.05) is 18.2 Å². The quantitative estimate of drug-likeness (QED) is 0.692. The number of alkyl halides is 2. The predicted octanol–water partition coefficient (Wildman–Crippen LogP) is 3.74. The number of hydrogen-bond donors (Lipinski definition) is 2. The fraction of sp³-hybridized carbons (Fsp3) is 0.625. The van der Waals surface area contributed by atoms with Crippen molar-refractivity contribution in [3.63, 3.8) is 0 Å². The number of benzene rings is 1. The van der Waals surface area contributed by atoms with E-state index in [4.69, 9.17) is 5.11 Å². The molecule has 0 fully saturated rings. The van der Waals surface area contributed by atoms with Crippen molar-refractivity contribution in [2.75, 3.05) is 13.2 Å². The Morgan fingerprint density at radius 1 is 1.24 bits per heavy atom. The molecule has 0 aromatic heterocycles. The highest BCUT2D eigenvalue weighted by molar-refractivity contribution is 5.35. The van der Waals surface area contributed by atoms with Gasteiger partial charge in [0.25, 0.3) is 0 Å². The smallest absolute Gasteiger partial charge is 0.387 e. The van der Waals surface area contributed by atoms with E-state index in [1.54, 1.807) is 18.2 Å². The lowest BCUT2D eigenvalue weighted by Crippen LogP contribution is -2.27. The standard InChI is InChI=1S/C16H25F2NO2/c1-3-6-13(9-10-20)11-19-12(2)14-7-4-5-8-15(14)21-16(17)18/h4-5,7-8,12-13,16,19-20H,3,6,9-11H2,1-2H3. The van der Waals surface area contributed by atoms with Gasteiger partial charge in [0.1, 0.15) is 5.75 Å². The summed E-state index contributed by atoms with van der Waals surface area (Å²) in [6.45, 7) is 2.14. The first-order valence-electron chi connectivity index (χ1n) is 7.46. The molecule has 2 atom stereocenters. The summed E-state index contributed by atoms with van der Waals surface area (Å²) in [6, 6.07) is 6.74. The number of hydrogen-bond acceptors (Lipinski definition) is 3. The number of halogens is 2. The Kier molecular flexibility index (Phi) is 8.23. The Morgan fingerprint density at radius 3 is 2.57 bits per heavy atom. The van der Waals surface area contributed by atoms with Gasteiger partial charge in [0.05, 0.1) is 0 Å². The van der Waals surface area contributed by atoms with Crippen LogP contribution in [0.4, 0.5) is 8.78 Å². The lowest BCUT2D eigenvalue weighted by atomic mass is 9.99. The molecular weight excluding hydrogens is 276 g/mol. The molecule has 0 aliphatic heterocycles. The molecule has 2 N–H and O–H groups in total. The normalized spacial score (nSPS) is 14.2.